The van der Waals surface area contributed by atoms with Gasteiger partial charge in [0.2, 0.25) is 0 Å². The molecule has 0 radical (unpaired) electrons. The smallest absolute Gasteiger partial charge is 0.322 e. The molecule has 22 heavy (non-hydrogen) atoms. The van der Waals surface area contributed by atoms with Crippen LogP contribution in [-0.2, 0) is 0 Å². The Bertz CT molecular complexity index is 497. The summed E-state index contributed by atoms with van der Waals surface area (Å²) in [6, 6.07) is 7.35. The minimum absolute atomic E-state index is 0.0294. The summed E-state index contributed by atoms with van der Waals surface area (Å²) in [5, 5.41) is 12.2. The Labute approximate surface area is 131 Å². The molecule has 1 aromatic rings. The van der Waals surface area contributed by atoms with E-state index in [9.17, 15) is 9.90 Å². The molecule has 1 atom stereocenters. The van der Waals surface area contributed by atoms with Crippen molar-refractivity contribution in [3.05, 3.63) is 24.3 Å². The Morgan fingerprint density at radius 2 is 1.91 bits per heavy atom. The second-order valence-electron chi connectivity index (χ2n) is 6.15. The number of ether oxygens (including phenoxy) is 1. The number of carbonyl (C=O) groups is 1. The number of aliphatic hydroxyl groups is 1. The van der Waals surface area contributed by atoms with Gasteiger partial charge in [0, 0.05) is 12.2 Å². The summed E-state index contributed by atoms with van der Waals surface area (Å²) >= 11 is 0. The van der Waals surface area contributed by atoms with E-state index in [1.165, 1.54) is 12.8 Å². The monoisotopic (exact) mass is 304 g/mol. The number of rotatable bonds is 4. The first-order valence-corrected chi connectivity index (χ1v) is 8.21. The predicted octanol–water partition coefficient (Wildman–Crippen LogP) is 3.00. The molecule has 1 saturated heterocycles. The van der Waals surface area contributed by atoms with E-state index in [-0.39, 0.29) is 18.7 Å². The molecule has 2 N–H and O–H groups in total. The number of carbonyl (C=O) groups excluding carboxylic acids is 1. The number of nitrogens with one attached hydrogen (secondary N) is 1. The minimum atomic E-state index is -0.138. The quantitative estimate of drug-likeness (QED) is 0.899. The molecule has 2 aliphatic rings. The van der Waals surface area contributed by atoms with Gasteiger partial charge >= 0.3 is 6.03 Å². The molecule has 2 amide bonds. The van der Waals surface area contributed by atoms with Crippen LogP contribution >= 0.6 is 0 Å². The molecule has 2 fully saturated rings. The number of hydrogen-bond donors (Lipinski definition) is 2. The van der Waals surface area contributed by atoms with Gasteiger partial charge in [0.25, 0.3) is 0 Å². The van der Waals surface area contributed by atoms with Crippen LogP contribution in [0.5, 0.6) is 5.75 Å². The van der Waals surface area contributed by atoms with E-state index in [1.54, 1.807) is 4.90 Å². The number of hydrogen-bond acceptors (Lipinski definition) is 3. The lowest BCUT2D eigenvalue weighted by atomic mass is 10.2. The molecule has 1 heterocycles. The Morgan fingerprint density at radius 3 is 2.59 bits per heavy atom. The number of urea groups is 1. The molecule has 120 valence electrons. The summed E-state index contributed by atoms with van der Waals surface area (Å²) in [5.74, 6) is 0.860. The van der Waals surface area contributed by atoms with Crippen LogP contribution in [0.3, 0.4) is 0 Å². The molecule has 0 aromatic heterocycles. The van der Waals surface area contributed by atoms with E-state index in [1.807, 2.05) is 24.3 Å². The van der Waals surface area contributed by atoms with Gasteiger partial charge in [0.05, 0.1) is 18.8 Å². The molecular formula is C17H24N2O3. The van der Waals surface area contributed by atoms with Gasteiger partial charge < -0.3 is 20.1 Å². The highest BCUT2D eigenvalue weighted by Gasteiger charge is 2.28. The molecule has 0 bridgehead atoms. The summed E-state index contributed by atoms with van der Waals surface area (Å²) in [6.45, 7) is 0.738. The maximum absolute atomic E-state index is 12.2. The zero-order chi connectivity index (χ0) is 15.4. The van der Waals surface area contributed by atoms with Crippen LogP contribution in [0.15, 0.2) is 24.3 Å². The van der Waals surface area contributed by atoms with E-state index in [0.717, 1.165) is 37.1 Å². The zero-order valence-corrected chi connectivity index (χ0v) is 12.8. The summed E-state index contributed by atoms with van der Waals surface area (Å²) in [4.78, 5) is 13.9. The largest absolute Gasteiger partial charge is 0.490 e. The van der Waals surface area contributed by atoms with Gasteiger partial charge in [-0.3, -0.25) is 0 Å². The Morgan fingerprint density at radius 1 is 1.18 bits per heavy atom. The first-order valence-electron chi connectivity index (χ1n) is 8.21. The zero-order valence-electron chi connectivity index (χ0n) is 12.8. The van der Waals surface area contributed by atoms with Crippen molar-refractivity contribution in [3.63, 3.8) is 0 Å². The lowest BCUT2D eigenvalue weighted by molar-refractivity contribution is 0.166. The summed E-state index contributed by atoms with van der Waals surface area (Å²) in [6.07, 6.45) is 6.94. The average molecular weight is 304 g/mol. The maximum atomic E-state index is 12.2. The van der Waals surface area contributed by atoms with Crippen molar-refractivity contribution in [1.29, 1.82) is 0 Å². The van der Waals surface area contributed by atoms with Gasteiger partial charge in [-0.15, -0.1) is 0 Å². The third kappa shape index (κ3) is 3.53. The van der Waals surface area contributed by atoms with Crippen molar-refractivity contribution in [2.45, 2.75) is 50.7 Å². The topological polar surface area (TPSA) is 61.8 Å². The van der Waals surface area contributed by atoms with Crippen molar-refractivity contribution in [1.82, 2.24) is 4.90 Å². The minimum Gasteiger partial charge on any atom is -0.490 e. The number of amides is 2. The van der Waals surface area contributed by atoms with Crippen molar-refractivity contribution in [2.75, 3.05) is 18.5 Å². The van der Waals surface area contributed by atoms with Crippen LogP contribution in [0.2, 0.25) is 0 Å². The van der Waals surface area contributed by atoms with E-state index in [0.29, 0.717) is 12.6 Å². The number of likely N-dealkylation sites (tertiary alicyclic amines) is 1. The molecule has 1 saturated carbocycles. The van der Waals surface area contributed by atoms with Gasteiger partial charge in [0.15, 0.2) is 0 Å². The molecule has 5 nitrogen and oxygen atoms in total. The van der Waals surface area contributed by atoms with E-state index >= 15 is 0 Å². The summed E-state index contributed by atoms with van der Waals surface area (Å²) in [5.41, 5.74) is 0.757. The Kier molecular flexibility index (Phi) is 4.83. The highest BCUT2D eigenvalue weighted by Crippen LogP contribution is 2.25. The SMILES string of the molecule is O=C(Nc1ccc(OC2CCCC2)cc1)N1CCC[C@H]1CO. The Hall–Kier alpha value is -1.75. The lowest BCUT2D eigenvalue weighted by Gasteiger charge is -2.23. The highest BCUT2D eigenvalue weighted by atomic mass is 16.5. The average Bonchev–Trinajstić information content (AvgIpc) is 3.20. The van der Waals surface area contributed by atoms with Gasteiger partial charge in [-0.1, -0.05) is 0 Å². The second-order valence-corrected chi connectivity index (χ2v) is 6.15. The van der Waals surface area contributed by atoms with Crippen LogP contribution in [-0.4, -0.2) is 41.3 Å². The standard InChI is InChI=1S/C17H24N2O3/c20-12-14-4-3-11-19(14)17(21)18-13-7-9-16(10-8-13)22-15-5-1-2-6-15/h7-10,14-15,20H,1-6,11-12H2,(H,18,21)/t14-/m0/s1. The number of aliphatic hydroxyl groups excluding tert-OH is 1. The highest BCUT2D eigenvalue weighted by molar-refractivity contribution is 5.89. The maximum Gasteiger partial charge on any atom is 0.322 e. The molecule has 1 aromatic carbocycles. The first kappa shape index (κ1) is 15.2. The van der Waals surface area contributed by atoms with Gasteiger partial charge in [-0.25, -0.2) is 4.79 Å². The summed E-state index contributed by atoms with van der Waals surface area (Å²) in [7, 11) is 0. The fourth-order valence-corrected chi connectivity index (χ4v) is 3.30. The second kappa shape index (κ2) is 7.01. The molecular weight excluding hydrogens is 280 g/mol. The lowest BCUT2D eigenvalue weighted by Crippen LogP contribution is -2.40. The van der Waals surface area contributed by atoms with Gasteiger partial charge in [0.1, 0.15) is 5.75 Å². The molecule has 3 rings (SSSR count). The van der Waals surface area contributed by atoms with Crippen molar-refractivity contribution in [2.24, 2.45) is 0 Å². The van der Waals surface area contributed by atoms with Gasteiger partial charge in [-0.05, 0) is 62.8 Å². The molecule has 1 aliphatic heterocycles. The summed E-state index contributed by atoms with van der Waals surface area (Å²) < 4.78 is 5.91. The predicted molar refractivity (Wildman–Crippen MR) is 85.2 cm³/mol. The third-order valence-electron chi connectivity index (χ3n) is 4.56. The van der Waals surface area contributed by atoms with Crippen molar-refractivity contribution in [3.8, 4) is 5.75 Å². The molecule has 1 aliphatic carbocycles. The van der Waals surface area contributed by atoms with E-state index in [2.05, 4.69) is 5.32 Å². The van der Waals surface area contributed by atoms with Crippen LogP contribution in [0.4, 0.5) is 10.5 Å². The molecule has 0 spiro atoms. The van der Waals surface area contributed by atoms with Crippen LogP contribution in [0.1, 0.15) is 38.5 Å². The van der Waals surface area contributed by atoms with Crippen molar-refractivity contribution < 1.29 is 14.6 Å². The fraction of sp³-hybridized carbons (Fsp3) is 0.588. The van der Waals surface area contributed by atoms with E-state index in [4.69, 9.17) is 4.74 Å². The molecule has 0 unspecified atom stereocenters. The van der Waals surface area contributed by atoms with Crippen LogP contribution < -0.4 is 10.1 Å². The number of benzene rings is 1. The van der Waals surface area contributed by atoms with Crippen LogP contribution in [0, 0.1) is 0 Å². The first-order chi connectivity index (χ1) is 10.8. The van der Waals surface area contributed by atoms with E-state index < -0.39 is 0 Å². The fourth-order valence-electron chi connectivity index (χ4n) is 3.30. The Balaban J connectivity index is 1.55. The normalized spacial score (nSPS) is 22.0. The third-order valence-corrected chi connectivity index (χ3v) is 4.56. The number of anilines is 1. The molecule has 5 heteroatoms. The van der Waals surface area contributed by atoms with Crippen LogP contribution in [0.25, 0.3) is 0 Å². The number of nitrogens with zero attached hydrogens (tertiary/aromatic N) is 1. The van der Waals surface area contributed by atoms with Crippen molar-refractivity contribution >= 4 is 11.7 Å². The van der Waals surface area contributed by atoms with Gasteiger partial charge in [-0.2, -0.15) is 0 Å².